The molecule has 0 spiro atoms. The molecular formula is C21H27N9O3. The van der Waals surface area contributed by atoms with Gasteiger partial charge in [-0.15, -0.1) is 5.10 Å². The van der Waals surface area contributed by atoms with E-state index in [1.165, 1.54) is 30.2 Å². The molecule has 0 atom stereocenters. The molecule has 0 bridgehead atoms. The van der Waals surface area contributed by atoms with Crippen LogP contribution in [0.3, 0.4) is 0 Å². The largest absolute Gasteiger partial charge is 0.465 e. The molecule has 1 fully saturated rings. The van der Waals surface area contributed by atoms with Crippen molar-refractivity contribution in [3.05, 3.63) is 41.1 Å². The first-order chi connectivity index (χ1) is 16.0. The quantitative estimate of drug-likeness (QED) is 0.386. The first-order valence-corrected chi connectivity index (χ1v) is 10.8. The summed E-state index contributed by atoms with van der Waals surface area (Å²) in [6.45, 7) is 2.27. The monoisotopic (exact) mass is 453 g/mol. The molecule has 174 valence electrons. The highest BCUT2D eigenvalue weighted by Crippen LogP contribution is 2.24. The molecule has 1 aliphatic rings. The first-order valence-electron chi connectivity index (χ1n) is 10.8. The lowest BCUT2D eigenvalue weighted by atomic mass is 9.94. The van der Waals surface area contributed by atoms with Gasteiger partial charge >= 0.3 is 0 Å². The third kappa shape index (κ3) is 5.34. The molecule has 4 rings (SSSR count). The number of anilines is 1. The van der Waals surface area contributed by atoms with E-state index in [1.54, 1.807) is 18.4 Å². The molecule has 0 aromatic carbocycles. The van der Waals surface area contributed by atoms with E-state index in [9.17, 15) is 4.79 Å². The van der Waals surface area contributed by atoms with Gasteiger partial charge in [-0.3, -0.25) is 9.69 Å². The van der Waals surface area contributed by atoms with E-state index in [0.717, 1.165) is 18.4 Å². The summed E-state index contributed by atoms with van der Waals surface area (Å²) in [5.41, 5.74) is 9.83. The molecule has 12 heteroatoms. The van der Waals surface area contributed by atoms with Gasteiger partial charge in [-0.2, -0.15) is 9.78 Å². The van der Waals surface area contributed by atoms with Crippen LogP contribution in [0.5, 0.6) is 0 Å². The summed E-state index contributed by atoms with van der Waals surface area (Å²) in [5, 5.41) is 19.6. The van der Waals surface area contributed by atoms with Gasteiger partial charge in [0.2, 0.25) is 11.6 Å². The highest BCUT2D eigenvalue weighted by molar-refractivity contribution is 5.94. The number of nitrogens with two attached hydrogens (primary N) is 1. The van der Waals surface area contributed by atoms with Crippen LogP contribution in [-0.2, 0) is 6.54 Å². The van der Waals surface area contributed by atoms with E-state index >= 15 is 0 Å². The number of nitrogen functional groups attached to an aromatic ring is 1. The van der Waals surface area contributed by atoms with E-state index in [1.807, 2.05) is 20.0 Å². The van der Waals surface area contributed by atoms with Crippen LogP contribution < -0.4 is 11.2 Å². The minimum atomic E-state index is -0.495. The number of hydrogen-bond acceptors (Lipinski definition) is 10. The number of carbonyl (C=O) groups is 1. The lowest BCUT2D eigenvalue weighted by molar-refractivity contribution is 0.0947. The van der Waals surface area contributed by atoms with Crippen LogP contribution in [-0.4, -0.2) is 55.4 Å². The summed E-state index contributed by atoms with van der Waals surface area (Å²) in [7, 11) is 2.03. The van der Waals surface area contributed by atoms with Gasteiger partial charge in [0.25, 0.3) is 5.91 Å². The zero-order valence-corrected chi connectivity index (χ0v) is 18.6. The van der Waals surface area contributed by atoms with Gasteiger partial charge in [0.05, 0.1) is 18.2 Å². The lowest BCUT2D eigenvalue weighted by Gasteiger charge is -2.31. The van der Waals surface area contributed by atoms with Crippen molar-refractivity contribution in [2.75, 3.05) is 12.8 Å². The maximum atomic E-state index is 12.9. The van der Waals surface area contributed by atoms with Gasteiger partial charge in [-0.25, -0.2) is 10.1 Å². The predicted molar refractivity (Wildman–Crippen MR) is 120 cm³/mol. The standard InChI is InChI=1S/C21H27N9O3/c1-14(11-16-9-6-10-32-16)12-23-25-21(31)18-17(13-29(2)15-7-4-3-5-8-15)30(28-24-18)20-19(22)26-33-27-20/h6,9-12,15H,3-5,7-8,13H2,1-2H3,(H2,22,26)(H,25,31)/b14-11?,23-12-. The number of allylic oxidation sites excluding steroid dienone is 1. The Morgan fingerprint density at radius 3 is 2.88 bits per heavy atom. The Morgan fingerprint density at radius 2 is 2.18 bits per heavy atom. The summed E-state index contributed by atoms with van der Waals surface area (Å²) in [4.78, 5) is 15.1. The van der Waals surface area contributed by atoms with Gasteiger partial charge < -0.3 is 10.2 Å². The van der Waals surface area contributed by atoms with Crippen molar-refractivity contribution in [1.82, 2.24) is 35.6 Å². The summed E-state index contributed by atoms with van der Waals surface area (Å²) in [6.07, 6.45) is 10.8. The maximum absolute atomic E-state index is 12.9. The molecule has 3 aromatic heterocycles. The molecular weight excluding hydrogens is 426 g/mol. The summed E-state index contributed by atoms with van der Waals surface area (Å²) in [5.74, 6) is 0.449. The molecule has 3 aromatic rings. The summed E-state index contributed by atoms with van der Waals surface area (Å²) < 4.78 is 11.4. The Hall–Kier alpha value is -3.80. The Balaban J connectivity index is 1.54. The molecule has 1 amide bonds. The Bertz CT molecular complexity index is 1120. The third-order valence-corrected chi connectivity index (χ3v) is 5.62. The number of aromatic nitrogens is 5. The number of rotatable bonds is 8. The van der Waals surface area contributed by atoms with E-state index in [-0.39, 0.29) is 17.3 Å². The highest BCUT2D eigenvalue weighted by Gasteiger charge is 2.27. The van der Waals surface area contributed by atoms with Crippen molar-refractivity contribution < 1.29 is 13.8 Å². The Labute approximate surface area is 190 Å². The van der Waals surface area contributed by atoms with Crippen molar-refractivity contribution in [2.45, 2.75) is 51.6 Å². The minimum Gasteiger partial charge on any atom is -0.465 e. The predicted octanol–water partition coefficient (Wildman–Crippen LogP) is 2.41. The first kappa shape index (κ1) is 22.4. The van der Waals surface area contributed by atoms with E-state index in [2.05, 4.69) is 36.1 Å². The molecule has 0 unspecified atom stereocenters. The molecule has 0 radical (unpaired) electrons. The number of hydrogen-bond donors (Lipinski definition) is 2. The van der Waals surface area contributed by atoms with E-state index in [4.69, 9.17) is 14.8 Å². The molecule has 0 saturated heterocycles. The second-order valence-corrected chi connectivity index (χ2v) is 8.08. The molecule has 3 heterocycles. The van der Waals surface area contributed by atoms with Gasteiger partial charge in [0.15, 0.2) is 5.69 Å². The van der Waals surface area contributed by atoms with Crippen molar-refractivity contribution in [1.29, 1.82) is 0 Å². The van der Waals surface area contributed by atoms with Crippen LogP contribution in [0.1, 0.15) is 61.0 Å². The second-order valence-electron chi connectivity index (χ2n) is 8.08. The minimum absolute atomic E-state index is 0.0603. The molecule has 33 heavy (non-hydrogen) atoms. The number of nitrogens with zero attached hydrogens (tertiary/aromatic N) is 7. The SMILES string of the molecule is CC(=Cc1ccco1)/C=N\NC(=O)c1nnn(-c2nonc2N)c1CN(C)C1CCCCC1. The number of amides is 1. The fraction of sp³-hybridized carbons (Fsp3) is 0.429. The van der Waals surface area contributed by atoms with Gasteiger partial charge in [-0.05, 0) is 60.9 Å². The Morgan fingerprint density at radius 1 is 1.36 bits per heavy atom. The zero-order chi connectivity index (χ0) is 23.2. The van der Waals surface area contributed by atoms with Crippen molar-refractivity contribution >= 4 is 24.0 Å². The third-order valence-electron chi connectivity index (χ3n) is 5.62. The highest BCUT2D eigenvalue weighted by atomic mass is 16.6. The van der Waals surface area contributed by atoms with Crippen molar-refractivity contribution in [3.63, 3.8) is 0 Å². The van der Waals surface area contributed by atoms with Crippen LogP contribution >= 0.6 is 0 Å². The maximum Gasteiger partial charge on any atom is 0.293 e. The van der Waals surface area contributed by atoms with Crippen LogP contribution in [0.15, 0.2) is 38.1 Å². The second kappa shape index (κ2) is 10.2. The molecule has 1 saturated carbocycles. The number of hydrazone groups is 1. The summed E-state index contributed by atoms with van der Waals surface area (Å²) in [6, 6.07) is 4.04. The number of furan rings is 1. The lowest BCUT2D eigenvalue weighted by Crippen LogP contribution is -2.34. The van der Waals surface area contributed by atoms with Gasteiger partial charge in [0, 0.05) is 12.6 Å². The fourth-order valence-corrected chi connectivity index (χ4v) is 3.90. The number of carbonyl (C=O) groups excluding carboxylic acids is 1. The smallest absolute Gasteiger partial charge is 0.293 e. The van der Waals surface area contributed by atoms with Crippen LogP contribution in [0.25, 0.3) is 11.9 Å². The van der Waals surface area contributed by atoms with Crippen LogP contribution in [0, 0.1) is 0 Å². The van der Waals surface area contributed by atoms with Crippen molar-refractivity contribution in [2.24, 2.45) is 5.10 Å². The average molecular weight is 454 g/mol. The Kier molecular flexibility index (Phi) is 6.93. The van der Waals surface area contributed by atoms with Gasteiger partial charge in [-0.1, -0.05) is 24.5 Å². The van der Waals surface area contributed by atoms with Crippen LogP contribution in [0.2, 0.25) is 0 Å². The number of nitrogens with one attached hydrogen (secondary N) is 1. The molecule has 3 N–H and O–H groups in total. The molecule has 0 aliphatic heterocycles. The molecule has 12 nitrogen and oxygen atoms in total. The van der Waals surface area contributed by atoms with Gasteiger partial charge in [0.1, 0.15) is 5.76 Å². The van der Waals surface area contributed by atoms with Crippen molar-refractivity contribution in [3.8, 4) is 5.82 Å². The topological polar surface area (TPSA) is 153 Å². The summed E-state index contributed by atoms with van der Waals surface area (Å²) >= 11 is 0. The normalized spacial score (nSPS) is 15.5. The molecule has 1 aliphatic carbocycles. The van der Waals surface area contributed by atoms with E-state index in [0.29, 0.717) is 24.0 Å². The van der Waals surface area contributed by atoms with E-state index < -0.39 is 5.91 Å². The van der Waals surface area contributed by atoms with Crippen LogP contribution in [0.4, 0.5) is 5.82 Å². The zero-order valence-electron chi connectivity index (χ0n) is 18.6. The average Bonchev–Trinajstić information content (AvgIpc) is 3.56. The fourth-order valence-electron chi connectivity index (χ4n) is 3.90.